The van der Waals surface area contributed by atoms with E-state index < -0.39 is 0 Å². The van der Waals surface area contributed by atoms with Gasteiger partial charge in [-0.1, -0.05) is 25.8 Å². The lowest BCUT2D eigenvalue weighted by Gasteiger charge is -2.42. The number of thiophene rings is 1. The first-order valence-corrected chi connectivity index (χ1v) is 7.01. The van der Waals surface area contributed by atoms with E-state index in [2.05, 4.69) is 35.4 Å². The normalized spacial score (nSPS) is 19.6. The monoisotopic (exact) mass is 227 g/mol. The van der Waals surface area contributed by atoms with Gasteiger partial charge in [0, 0.05) is 5.25 Å². The Bertz CT molecular complexity index is 275. The third-order valence-corrected chi connectivity index (χ3v) is 4.43. The van der Waals surface area contributed by atoms with Crippen molar-refractivity contribution in [1.82, 2.24) is 4.72 Å². The van der Waals surface area contributed by atoms with Gasteiger partial charge >= 0.3 is 0 Å². The van der Waals surface area contributed by atoms with Crippen molar-refractivity contribution in [3.05, 3.63) is 22.4 Å². The van der Waals surface area contributed by atoms with Crippen molar-refractivity contribution < 1.29 is 0 Å². The molecule has 3 heteroatoms. The van der Waals surface area contributed by atoms with E-state index >= 15 is 0 Å². The molecule has 1 aliphatic rings. The molecule has 0 unspecified atom stereocenters. The molecule has 78 valence electrons. The molecule has 1 saturated carbocycles. The van der Waals surface area contributed by atoms with Gasteiger partial charge in [0.2, 0.25) is 0 Å². The number of hydrogen-bond donors (Lipinski definition) is 1. The van der Waals surface area contributed by atoms with Crippen LogP contribution in [0.3, 0.4) is 0 Å². The first-order valence-electron chi connectivity index (χ1n) is 5.18. The third kappa shape index (κ3) is 2.00. The highest BCUT2D eigenvalue weighted by Crippen LogP contribution is 2.43. The van der Waals surface area contributed by atoms with Crippen molar-refractivity contribution in [2.45, 2.75) is 43.9 Å². The summed E-state index contributed by atoms with van der Waals surface area (Å²) in [6, 6.07) is 2.26. The summed E-state index contributed by atoms with van der Waals surface area (Å²) in [6.07, 6.45) is 3.95. The minimum absolute atomic E-state index is 0.301. The van der Waals surface area contributed by atoms with Gasteiger partial charge in [-0.25, -0.2) is 0 Å². The van der Waals surface area contributed by atoms with Gasteiger partial charge in [0.05, 0.1) is 5.54 Å². The average molecular weight is 227 g/mol. The highest BCUT2D eigenvalue weighted by atomic mass is 32.2. The molecule has 1 aromatic heterocycles. The molecule has 0 radical (unpaired) electrons. The Morgan fingerprint density at radius 2 is 2.29 bits per heavy atom. The van der Waals surface area contributed by atoms with E-state index in [1.165, 1.54) is 24.8 Å². The first kappa shape index (κ1) is 10.5. The zero-order valence-corrected chi connectivity index (χ0v) is 10.4. The standard InChI is InChI=1S/C11H17NS2/c1-9(2)14-12-11(5-3-6-11)10-4-7-13-8-10/h4,7-9,12H,3,5-6H2,1-2H3. The largest absolute Gasteiger partial charge is 0.253 e. The average Bonchev–Trinajstić information content (AvgIpc) is 2.55. The predicted molar refractivity (Wildman–Crippen MR) is 65.7 cm³/mol. The van der Waals surface area contributed by atoms with E-state index in [9.17, 15) is 0 Å². The molecule has 0 spiro atoms. The molecular formula is C11H17NS2. The van der Waals surface area contributed by atoms with Gasteiger partial charge in [-0.3, -0.25) is 4.72 Å². The van der Waals surface area contributed by atoms with Gasteiger partial charge in [-0.2, -0.15) is 11.3 Å². The van der Waals surface area contributed by atoms with E-state index in [1.54, 1.807) is 11.3 Å². The van der Waals surface area contributed by atoms with Crippen LogP contribution in [0, 0.1) is 0 Å². The molecule has 1 heterocycles. The van der Waals surface area contributed by atoms with Gasteiger partial charge in [-0.05, 0) is 41.7 Å². The molecule has 0 aliphatic heterocycles. The molecule has 2 rings (SSSR count). The Hall–Kier alpha value is 0.01000. The number of nitrogens with one attached hydrogen (secondary N) is 1. The van der Waals surface area contributed by atoms with Crippen molar-refractivity contribution in [3.63, 3.8) is 0 Å². The minimum atomic E-state index is 0.301. The van der Waals surface area contributed by atoms with Crippen LogP contribution in [0.1, 0.15) is 38.7 Å². The molecule has 1 aliphatic carbocycles. The molecule has 1 fully saturated rings. The highest BCUT2D eigenvalue weighted by molar-refractivity contribution is 7.98. The van der Waals surface area contributed by atoms with Gasteiger partial charge in [0.1, 0.15) is 0 Å². The summed E-state index contributed by atoms with van der Waals surface area (Å²) in [5.74, 6) is 0. The van der Waals surface area contributed by atoms with E-state index in [0.717, 1.165) is 0 Å². The summed E-state index contributed by atoms with van der Waals surface area (Å²) >= 11 is 3.67. The smallest absolute Gasteiger partial charge is 0.0539 e. The molecule has 0 saturated heterocycles. The van der Waals surface area contributed by atoms with Crippen LogP contribution in [0.15, 0.2) is 16.8 Å². The lowest BCUT2D eigenvalue weighted by Crippen LogP contribution is -2.44. The predicted octanol–water partition coefficient (Wildman–Crippen LogP) is 3.77. The van der Waals surface area contributed by atoms with Crippen molar-refractivity contribution in [2.75, 3.05) is 0 Å². The summed E-state index contributed by atoms with van der Waals surface area (Å²) in [6.45, 7) is 4.47. The maximum absolute atomic E-state index is 3.66. The first-order chi connectivity index (χ1) is 6.73. The molecule has 14 heavy (non-hydrogen) atoms. The summed E-state index contributed by atoms with van der Waals surface area (Å²) < 4.78 is 3.66. The zero-order chi connectivity index (χ0) is 10.0. The Morgan fingerprint density at radius 3 is 2.71 bits per heavy atom. The lowest BCUT2D eigenvalue weighted by molar-refractivity contribution is 0.231. The number of hydrogen-bond acceptors (Lipinski definition) is 3. The van der Waals surface area contributed by atoms with Gasteiger partial charge in [0.25, 0.3) is 0 Å². The maximum atomic E-state index is 3.66. The fourth-order valence-corrected chi connectivity index (χ4v) is 3.29. The van der Waals surface area contributed by atoms with Crippen LogP contribution in [0.2, 0.25) is 0 Å². The summed E-state index contributed by atoms with van der Waals surface area (Å²) in [4.78, 5) is 0. The second-order valence-corrected chi connectivity index (χ2v) is 6.38. The quantitative estimate of drug-likeness (QED) is 0.786. The molecule has 0 bridgehead atoms. The Labute approximate surface area is 94.4 Å². The fourth-order valence-electron chi connectivity index (χ4n) is 1.75. The van der Waals surface area contributed by atoms with Gasteiger partial charge < -0.3 is 0 Å². The molecule has 1 nitrogen and oxygen atoms in total. The van der Waals surface area contributed by atoms with Crippen LogP contribution >= 0.6 is 23.3 Å². The topological polar surface area (TPSA) is 12.0 Å². The molecule has 1 aromatic rings. The third-order valence-electron chi connectivity index (χ3n) is 2.77. The summed E-state index contributed by atoms with van der Waals surface area (Å²) in [7, 11) is 0. The highest BCUT2D eigenvalue weighted by Gasteiger charge is 2.38. The van der Waals surface area contributed by atoms with Crippen LogP contribution in [-0.4, -0.2) is 5.25 Å². The Morgan fingerprint density at radius 1 is 1.50 bits per heavy atom. The van der Waals surface area contributed by atoms with Crippen LogP contribution in [0.4, 0.5) is 0 Å². The summed E-state index contributed by atoms with van der Waals surface area (Å²) in [5, 5.41) is 5.12. The molecular weight excluding hydrogens is 210 g/mol. The van der Waals surface area contributed by atoms with E-state index in [1.807, 2.05) is 11.9 Å². The maximum Gasteiger partial charge on any atom is 0.0539 e. The Kier molecular flexibility index (Phi) is 3.20. The second-order valence-electron chi connectivity index (χ2n) is 4.22. The second kappa shape index (κ2) is 4.25. The summed E-state index contributed by atoms with van der Waals surface area (Å²) in [5.41, 5.74) is 1.79. The van der Waals surface area contributed by atoms with Crippen LogP contribution in [-0.2, 0) is 5.54 Å². The van der Waals surface area contributed by atoms with E-state index in [0.29, 0.717) is 10.8 Å². The SMILES string of the molecule is CC(C)SNC1(c2ccsc2)CCC1. The Balaban J connectivity index is 2.03. The molecule has 1 N–H and O–H groups in total. The van der Waals surface area contributed by atoms with Crippen LogP contribution in [0.25, 0.3) is 0 Å². The van der Waals surface area contributed by atoms with E-state index in [4.69, 9.17) is 0 Å². The molecule has 0 amide bonds. The number of rotatable bonds is 4. The van der Waals surface area contributed by atoms with Gasteiger partial charge in [-0.15, -0.1) is 0 Å². The molecule has 0 atom stereocenters. The lowest BCUT2D eigenvalue weighted by atomic mass is 9.74. The van der Waals surface area contributed by atoms with Crippen molar-refractivity contribution in [1.29, 1.82) is 0 Å². The van der Waals surface area contributed by atoms with Crippen molar-refractivity contribution in [3.8, 4) is 0 Å². The van der Waals surface area contributed by atoms with E-state index in [-0.39, 0.29) is 0 Å². The minimum Gasteiger partial charge on any atom is -0.253 e. The van der Waals surface area contributed by atoms with Crippen LogP contribution in [0.5, 0.6) is 0 Å². The fraction of sp³-hybridized carbons (Fsp3) is 0.636. The zero-order valence-electron chi connectivity index (χ0n) is 8.75. The van der Waals surface area contributed by atoms with Crippen molar-refractivity contribution >= 4 is 23.3 Å². The van der Waals surface area contributed by atoms with Crippen LogP contribution < -0.4 is 4.72 Å². The van der Waals surface area contributed by atoms with Gasteiger partial charge in [0.15, 0.2) is 0 Å². The molecule has 0 aromatic carbocycles. The van der Waals surface area contributed by atoms with Crippen molar-refractivity contribution in [2.24, 2.45) is 0 Å².